The quantitative estimate of drug-likeness (QED) is 0.649. The molecule has 0 aromatic rings. The van der Waals surface area contributed by atoms with Gasteiger partial charge in [0.15, 0.2) is 0 Å². The van der Waals surface area contributed by atoms with Crippen LogP contribution in [0.1, 0.15) is 25.7 Å². The lowest BCUT2D eigenvalue weighted by molar-refractivity contribution is 0.00318. The molecule has 0 amide bonds. The summed E-state index contributed by atoms with van der Waals surface area (Å²) in [5, 5.41) is 0. The Balaban J connectivity index is 2.02. The second kappa shape index (κ2) is 6.11. The predicted octanol–water partition coefficient (Wildman–Crippen LogP) is 0.514. The lowest BCUT2D eigenvalue weighted by Crippen LogP contribution is -2.24. The number of ether oxygens (including phenoxy) is 1. The molecule has 0 bridgehead atoms. The molecule has 1 aliphatic carbocycles. The van der Waals surface area contributed by atoms with Gasteiger partial charge in [-0.3, -0.25) is 8.37 Å². The number of hydrogen-bond donors (Lipinski definition) is 0. The van der Waals surface area contributed by atoms with Gasteiger partial charge in [0.05, 0.1) is 31.3 Å². The first-order valence-corrected chi connectivity index (χ1v) is 10.5. The van der Waals surface area contributed by atoms with E-state index in [9.17, 15) is 16.8 Å². The molecule has 1 saturated heterocycles. The van der Waals surface area contributed by atoms with Crippen LogP contribution in [0.3, 0.4) is 0 Å². The summed E-state index contributed by atoms with van der Waals surface area (Å²) >= 11 is 0. The van der Waals surface area contributed by atoms with Crippen LogP contribution in [-0.2, 0) is 33.3 Å². The van der Waals surface area contributed by atoms with E-state index in [4.69, 9.17) is 13.1 Å². The van der Waals surface area contributed by atoms with Gasteiger partial charge in [0.25, 0.3) is 20.2 Å². The molecule has 0 radical (unpaired) electrons. The van der Waals surface area contributed by atoms with Crippen molar-refractivity contribution in [2.24, 2.45) is 11.8 Å². The lowest BCUT2D eigenvalue weighted by atomic mass is 9.97. The van der Waals surface area contributed by atoms with Crippen molar-refractivity contribution in [3.05, 3.63) is 0 Å². The fourth-order valence-corrected chi connectivity index (χ4v) is 4.11. The molecule has 0 aromatic heterocycles. The summed E-state index contributed by atoms with van der Waals surface area (Å²) in [5.41, 5.74) is -0.267. The van der Waals surface area contributed by atoms with Crippen LogP contribution < -0.4 is 0 Å². The molecule has 2 rings (SSSR count). The van der Waals surface area contributed by atoms with Gasteiger partial charge < -0.3 is 4.74 Å². The standard InChI is InChI=1S/C12H22O7S2/c1-20(13,14)18-8-10-6-12(4-3-5-17-12)7-11(10)9-19-21(2,15)16/h10-11H,3-9H2,1-2H3. The van der Waals surface area contributed by atoms with Crippen LogP contribution in [0.15, 0.2) is 0 Å². The van der Waals surface area contributed by atoms with E-state index in [-0.39, 0.29) is 30.7 Å². The van der Waals surface area contributed by atoms with Gasteiger partial charge in [-0.1, -0.05) is 0 Å². The Hall–Kier alpha value is -0.220. The molecule has 2 fully saturated rings. The van der Waals surface area contributed by atoms with Crippen LogP contribution in [0.4, 0.5) is 0 Å². The Kier molecular flexibility index (Phi) is 4.99. The summed E-state index contributed by atoms with van der Waals surface area (Å²) < 4.78 is 60.2. The zero-order chi connectivity index (χ0) is 15.7. The average molecular weight is 342 g/mol. The summed E-state index contributed by atoms with van der Waals surface area (Å²) in [6, 6.07) is 0. The van der Waals surface area contributed by atoms with Crippen LogP contribution in [0.5, 0.6) is 0 Å². The van der Waals surface area contributed by atoms with E-state index in [1.165, 1.54) is 0 Å². The van der Waals surface area contributed by atoms with Crippen molar-refractivity contribution in [3.8, 4) is 0 Å². The van der Waals surface area contributed by atoms with E-state index in [1.807, 2.05) is 0 Å². The Morgan fingerprint density at radius 3 is 1.81 bits per heavy atom. The van der Waals surface area contributed by atoms with Gasteiger partial charge in [0.2, 0.25) is 0 Å². The molecular weight excluding hydrogens is 320 g/mol. The molecule has 0 N–H and O–H groups in total. The van der Waals surface area contributed by atoms with E-state index in [2.05, 4.69) is 0 Å². The van der Waals surface area contributed by atoms with Gasteiger partial charge in [0, 0.05) is 6.61 Å². The molecule has 21 heavy (non-hydrogen) atoms. The van der Waals surface area contributed by atoms with Gasteiger partial charge in [0.1, 0.15) is 0 Å². The lowest BCUT2D eigenvalue weighted by Gasteiger charge is -2.22. The van der Waals surface area contributed by atoms with Gasteiger partial charge >= 0.3 is 0 Å². The first kappa shape index (κ1) is 17.1. The topological polar surface area (TPSA) is 96.0 Å². The van der Waals surface area contributed by atoms with Crippen molar-refractivity contribution in [2.75, 3.05) is 32.3 Å². The summed E-state index contributed by atoms with van der Waals surface area (Å²) in [5.74, 6) is -0.167. The van der Waals surface area contributed by atoms with Gasteiger partial charge in [-0.2, -0.15) is 16.8 Å². The fraction of sp³-hybridized carbons (Fsp3) is 1.00. The molecule has 1 saturated carbocycles. The third-order valence-corrected chi connectivity index (χ3v) is 5.24. The van der Waals surface area contributed by atoms with Gasteiger partial charge in [-0.05, 0) is 37.5 Å². The van der Waals surface area contributed by atoms with E-state index < -0.39 is 20.2 Å². The first-order chi connectivity index (χ1) is 9.59. The van der Waals surface area contributed by atoms with Crippen LogP contribution >= 0.6 is 0 Å². The summed E-state index contributed by atoms with van der Waals surface area (Å²) in [7, 11) is -7.03. The summed E-state index contributed by atoms with van der Waals surface area (Å²) in [6.45, 7) is 0.781. The molecule has 2 atom stereocenters. The van der Waals surface area contributed by atoms with Gasteiger partial charge in [-0.25, -0.2) is 0 Å². The van der Waals surface area contributed by atoms with Crippen LogP contribution in [0.2, 0.25) is 0 Å². The maximum absolute atomic E-state index is 11.1. The maximum Gasteiger partial charge on any atom is 0.264 e. The second-order valence-corrected chi connectivity index (χ2v) is 9.33. The molecular formula is C12H22O7S2. The van der Waals surface area contributed by atoms with Crippen molar-refractivity contribution in [3.63, 3.8) is 0 Å². The first-order valence-electron chi connectivity index (χ1n) is 6.91. The molecule has 1 spiro atoms. The maximum atomic E-state index is 11.1. The number of hydrogen-bond acceptors (Lipinski definition) is 7. The van der Waals surface area contributed by atoms with Crippen LogP contribution in [-0.4, -0.2) is 54.8 Å². The normalized spacial score (nSPS) is 33.8. The highest BCUT2D eigenvalue weighted by Crippen LogP contribution is 2.47. The second-order valence-electron chi connectivity index (χ2n) is 6.04. The molecule has 0 aromatic carbocycles. The third-order valence-electron chi connectivity index (χ3n) is 4.11. The Morgan fingerprint density at radius 1 is 1.00 bits per heavy atom. The van der Waals surface area contributed by atoms with E-state index in [0.29, 0.717) is 19.4 Å². The van der Waals surface area contributed by atoms with Crippen LogP contribution in [0.25, 0.3) is 0 Å². The molecule has 9 heteroatoms. The van der Waals surface area contributed by atoms with Crippen molar-refractivity contribution >= 4 is 20.2 Å². The zero-order valence-corrected chi connectivity index (χ0v) is 13.9. The van der Waals surface area contributed by atoms with Crippen molar-refractivity contribution in [1.82, 2.24) is 0 Å². The van der Waals surface area contributed by atoms with Crippen molar-refractivity contribution < 1.29 is 29.9 Å². The SMILES string of the molecule is CS(=O)(=O)OCC1CC2(CCCO2)CC1COS(C)(=O)=O. The highest BCUT2D eigenvalue weighted by molar-refractivity contribution is 7.86. The molecule has 7 nitrogen and oxygen atoms in total. The Morgan fingerprint density at radius 2 is 1.48 bits per heavy atom. The minimum atomic E-state index is -3.51. The number of rotatable bonds is 6. The van der Waals surface area contributed by atoms with E-state index in [0.717, 1.165) is 25.4 Å². The molecule has 1 heterocycles. The smallest absolute Gasteiger partial charge is 0.264 e. The molecule has 2 unspecified atom stereocenters. The van der Waals surface area contributed by atoms with E-state index >= 15 is 0 Å². The molecule has 2 aliphatic rings. The summed E-state index contributed by atoms with van der Waals surface area (Å²) in [6.07, 6.45) is 5.26. The largest absolute Gasteiger partial charge is 0.375 e. The van der Waals surface area contributed by atoms with Crippen molar-refractivity contribution in [1.29, 1.82) is 0 Å². The van der Waals surface area contributed by atoms with Gasteiger partial charge in [-0.15, -0.1) is 0 Å². The molecule has 1 aliphatic heterocycles. The highest BCUT2D eigenvalue weighted by Gasteiger charge is 2.48. The van der Waals surface area contributed by atoms with Crippen LogP contribution in [0, 0.1) is 11.8 Å². The Labute approximate surface area is 126 Å². The minimum absolute atomic E-state index is 0.0434. The Bertz CT molecular complexity index is 514. The fourth-order valence-electron chi connectivity index (χ4n) is 3.26. The summed E-state index contributed by atoms with van der Waals surface area (Å²) in [4.78, 5) is 0. The predicted molar refractivity (Wildman–Crippen MR) is 75.7 cm³/mol. The minimum Gasteiger partial charge on any atom is -0.375 e. The van der Waals surface area contributed by atoms with Crippen molar-refractivity contribution in [2.45, 2.75) is 31.3 Å². The zero-order valence-electron chi connectivity index (χ0n) is 12.3. The van der Waals surface area contributed by atoms with E-state index in [1.54, 1.807) is 0 Å². The molecule has 124 valence electrons. The highest BCUT2D eigenvalue weighted by atomic mass is 32.2. The monoisotopic (exact) mass is 342 g/mol. The average Bonchev–Trinajstić information content (AvgIpc) is 2.91. The third kappa shape index (κ3) is 5.17.